The van der Waals surface area contributed by atoms with E-state index in [0.29, 0.717) is 0 Å². The van der Waals surface area contributed by atoms with Gasteiger partial charge in [-0.15, -0.1) is 0 Å². The van der Waals surface area contributed by atoms with Gasteiger partial charge in [0.05, 0.1) is 16.5 Å². The van der Waals surface area contributed by atoms with Gasteiger partial charge >= 0.3 is 0 Å². The molecule has 0 aliphatic carbocycles. The second-order valence-corrected chi connectivity index (χ2v) is 8.07. The average molecular weight is 594 g/mol. The number of fused-ring (bicyclic) bond motifs is 2. The van der Waals surface area contributed by atoms with Gasteiger partial charge < -0.3 is 18.5 Å². The van der Waals surface area contributed by atoms with E-state index in [1.54, 1.807) is 0 Å². The SMILES string of the molecule is [W].c1ccc2c(c1)Oc1cccc3c1C21c2ccccc2Oc2cccc(c21)OPO3. The summed E-state index contributed by atoms with van der Waals surface area (Å²) in [5.41, 5.74) is 3.40. The van der Waals surface area contributed by atoms with E-state index >= 15 is 0 Å². The molecule has 0 fully saturated rings. The van der Waals surface area contributed by atoms with Crippen LogP contribution in [0.3, 0.4) is 0 Å². The van der Waals surface area contributed by atoms with Crippen LogP contribution in [0.15, 0.2) is 84.9 Å². The first kappa shape index (κ1) is 18.9. The minimum atomic E-state index is -0.674. The third-order valence-electron chi connectivity index (χ3n) is 6.05. The molecule has 0 saturated heterocycles. The summed E-state index contributed by atoms with van der Waals surface area (Å²) < 4.78 is 25.0. The molecule has 4 nitrogen and oxygen atoms in total. The van der Waals surface area contributed by atoms with Crippen LogP contribution in [0.2, 0.25) is 0 Å². The van der Waals surface area contributed by atoms with Gasteiger partial charge in [0, 0.05) is 32.2 Å². The quantitative estimate of drug-likeness (QED) is 0.187. The molecule has 4 aromatic rings. The first-order valence-corrected chi connectivity index (χ1v) is 10.6. The van der Waals surface area contributed by atoms with Crippen molar-refractivity contribution in [3.05, 3.63) is 107 Å². The monoisotopic (exact) mass is 594 g/mol. The van der Waals surface area contributed by atoms with Gasteiger partial charge in [-0.05, 0) is 36.4 Å². The molecule has 0 radical (unpaired) electrons. The summed E-state index contributed by atoms with van der Waals surface area (Å²) in [4.78, 5) is 0. The summed E-state index contributed by atoms with van der Waals surface area (Å²) >= 11 is 0. The van der Waals surface area contributed by atoms with Gasteiger partial charge in [0.15, 0.2) is 0 Å². The summed E-state index contributed by atoms with van der Waals surface area (Å²) in [5.74, 6) is 4.74. The predicted octanol–water partition coefficient (Wildman–Crippen LogP) is 6.56. The van der Waals surface area contributed by atoms with Crippen LogP contribution in [0.25, 0.3) is 0 Å². The van der Waals surface area contributed by atoms with Crippen LogP contribution in [-0.4, -0.2) is 0 Å². The van der Waals surface area contributed by atoms with E-state index in [-0.39, 0.29) is 30.1 Å². The maximum atomic E-state index is 6.38. The molecule has 6 heteroatoms. The summed E-state index contributed by atoms with van der Waals surface area (Å²) in [6, 6.07) is 28.3. The van der Waals surface area contributed by atoms with Crippen molar-refractivity contribution in [2.24, 2.45) is 0 Å². The Hall–Kier alpha value is -2.80. The average Bonchev–Trinajstić information content (AvgIpc) is 2.77. The normalized spacial score (nSPS) is 15.4. The van der Waals surface area contributed by atoms with Gasteiger partial charge in [-0.2, -0.15) is 0 Å². The second-order valence-electron chi connectivity index (χ2n) is 7.49. The van der Waals surface area contributed by atoms with Crippen molar-refractivity contribution in [2.45, 2.75) is 5.41 Å². The van der Waals surface area contributed by atoms with Crippen molar-refractivity contribution < 1.29 is 39.6 Å². The van der Waals surface area contributed by atoms with Gasteiger partial charge in [0.2, 0.25) is 0 Å². The Morgan fingerprint density at radius 2 is 0.903 bits per heavy atom. The number of para-hydroxylation sites is 2. The molecule has 0 bridgehead atoms. The largest absolute Gasteiger partial charge is 0.457 e. The second kappa shape index (κ2) is 6.85. The van der Waals surface area contributed by atoms with Gasteiger partial charge in [0.25, 0.3) is 9.03 Å². The fraction of sp³-hybridized carbons (Fsp3) is 0.0400. The summed E-state index contributed by atoms with van der Waals surface area (Å²) in [6.07, 6.45) is 0. The zero-order valence-corrected chi connectivity index (χ0v) is 20.1. The molecule has 3 aliphatic rings. The van der Waals surface area contributed by atoms with Crippen LogP contribution in [0, 0.1) is 0 Å². The molecule has 0 saturated carbocycles. The maximum absolute atomic E-state index is 6.38. The van der Waals surface area contributed by atoms with Crippen LogP contribution < -0.4 is 18.5 Å². The van der Waals surface area contributed by atoms with E-state index in [1.807, 2.05) is 72.8 Å². The Labute approximate surface area is 195 Å². The van der Waals surface area contributed by atoms with E-state index in [1.165, 1.54) is 0 Å². The summed E-state index contributed by atoms with van der Waals surface area (Å²) in [7, 11) is -0.161. The van der Waals surface area contributed by atoms with Gasteiger partial charge in [0.1, 0.15) is 34.5 Å². The first-order chi connectivity index (χ1) is 14.9. The van der Waals surface area contributed by atoms with E-state index in [2.05, 4.69) is 12.1 Å². The number of hydrogen-bond donors (Lipinski definition) is 0. The third-order valence-corrected chi connectivity index (χ3v) is 6.66. The first-order valence-electron chi connectivity index (χ1n) is 9.78. The molecule has 0 atom stereocenters. The molecule has 0 amide bonds. The molecule has 1 spiro atoms. The zero-order chi connectivity index (χ0) is 19.7. The predicted molar refractivity (Wildman–Crippen MR) is 114 cm³/mol. The Kier molecular flexibility index (Phi) is 4.18. The molecule has 150 valence electrons. The smallest absolute Gasteiger partial charge is 0.275 e. The van der Waals surface area contributed by atoms with Gasteiger partial charge in [-0.3, -0.25) is 0 Å². The Bertz CT molecular complexity index is 1250. The number of benzene rings is 4. The Morgan fingerprint density at radius 1 is 0.484 bits per heavy atom. The molecule has 3 aliphatic heterocycles. The minimum Gasteiger partial charge on any atom is -0.457 e. The Morgan fingerprint density at radius 3 is 1.42 bits per heavy atom. The molecule has 0 N–H and O–H groups in total. The van der Waals surface area contributed by atoms with Crippen molar-refractivity contribution in [3.63, 3.8) is 0 Å². The van der Waals surface area contributed by atoms with Crippen LogP contribution >= 0.6 is 9.03 Å². The topological polar surface area (TPSA) is 36.9 Å². The van der Waals surface area contributed by atoms with Crippen LogP contribution in [-0.2, 0) is 26.5 Å². The number of ether oxygens (including phenoxy) is 2. The molecule has 0 aromatic heterocycles. The van der Waals surface area contributed by atoms with Crippen molar-refractivity contribution >= 4 is 9.03 Å². The molecule has 31 heavy (non-hydrogen) atoms. The molecular formula is C25H15O4PW. The fourth-order valence-electron chi connectivity index (χ4n) is 4.99. The molecule has 3 heterocycles. The van der Waals surface area contributed by atoms with Crippen LogP contribution in [0.1, 0.15) is 22.3 Å². The maximum Gasteiger partial charge on any atom is 0.275 e. The van der Waals surface area contributed by atoms with Gasteiger partial charge in [-0.1, -0.05) is 48.5 Å². The Balaban J connectivity index is 0.00000185. The van der Waals surface area contributed by atoms with Crippen molar-refractivity contribution in [2.75, 3.05) is 0 Å². The molecule has 0 unspecified atom stereocenters. The molecule has 4 aromatic carbocycles. The number of hydrogen-bond acceptors (Lipinski definition) is 4. The van der Waals surface area contributed by atoms with Crippen molar-refractivity contribution in [3.8, 4) is 34.5 Å². The van der Waals surface area contributed by atoms with Crippen LogP contribution in [0.4, 0.5) is 0 Å². The van der Waals surface area contributed by atoms with E-state index < -0.39 is 5.41 Å². The van der Waals surface area contributed by atoms with E-state index in [0.717, 1.165) is 56.8 Å². The standard InChI is InChI=1S/C25H15O4P.W/c1-3-9-17-15(7-1)25-16-8-2-4-10-18(16)27-20-12-6-14-22(24(20)25)29-30-28-21-13-5-11-19(26-17)23(21)25;/h1-14,30H;. The van der Waals surface area contributed by atoms with Crippen molar-refractivity contribution in [1.29, 1.82) is 0 Å². The summed E-state index contributed by atoms with van der Waals surface area (Å²) in [6.45, 7) is 0. The molecule has 7 rings (SSSR count). The molecular weight excluding hydrogens is 579 g/mol. The minimum absolute atomic E-state index is 0. The van der Waals surface area contributed by atoms with E-state index in [9.17, 15) is 0 Å². The summed E-state index contributed by atoms with van der Waals surface area (Å²) in [5, 5.41) is 0. The number of rotatable bonds is 0. The third kappa shape index (κ3) is 2.38. The zero-order valence-electron chi connectivity index (χ0n) is 16.1. The fourth-order valence-corrected chi connectivity index (χ4v) is 5.55. The van der Waals surface area contributed by atoms with Crippen molar-refractivity contribution in [1.82, 2.24) is 0 Å². The van der Waals surface area contributed by atoms with Crippen LogP contribution in [0.5, 0.6) is 34.5 Å². The van der Waals surface area contributed by atoms with Gasteiger partial charge in [-0.25, -0.2) is 0 Å². The van der Waals surface area contributed by atoms with E-state index in [4.69, 9.17) is 18.5 Å².